The van der Waals surface area contributed by atoms with Crippen LogP contribution in [0.1, 0.15) is 40.5 Å². The van der Waals surface area contributed by atoms with Gasteiger partial charge < -0.3 is 5.32 Å². The fraction of sp³-hybridized carbons (Fsp3) is 0.261. The summed E-state index contributed by atoms with van der Waals surface area (Å²) in [5.74, 6) is 0.161. The highest BCUT2D eigenvalue weighted by Crippen LogP contribution is 2.17. The van der Waals surface area contributed by atoms with Crippen LogP contribution in [0.3, 0.4) is 0 Å². The van der Waals surface area contributed by atoms with E-state index in [9.17, 15) is 4.79 Å². The lowest BCUT2D eigenvalue weighted by atomic mass is 10.2. The molecule has 7 heteroatoms. The standard InChI is InChI=1S/C23H26BrN5O/c1-4-13-29-15-18(17(3)28-29)14-25-23(26-21-12-8-5-9-16(21)2)27-22(30)19-10-6-7-11-20(19)24/h5-12,15H,4,13-14H2,1-3H3,(H2,25,26,27,30). The van der Waals surface area contributed by atoms with Crippen molar-refractivity contribution in [3.63, 3.8) is 0 Å². The maximum Gasteiger partial charge on any atom is 0.259 e. The van der Waals surface area contributed by atoms with Crippen molar-refractivity contribution in [3.8, 4) is 0 Å². The number of carbonyl (C=O) groups excluding carboxylic acids is 1. The molecule has 2 N–H and O–H groups in total. The molecule has 0 saturated heterocycles. The third-order valence-electron chi connectivity index (χ3n) is 4.66. The summed E-state index contributed by atoms with van der Waals surface area (Å²) in [7, 11) is 0. The highest BCUT2D eigenvalue weighted by atomic mass is 79.9. The summed E-state index contributed by atoms with van der Waals surface area (Å²) < 4.78 is 2.67. The van der Waals surface area contributed by atoms with Crippen LogP contribution in [0.15, 0.2) is 64.2 Å². The topological polar surface area (TPSA) is 71.3 Å². The Kier molecular flexibility index (Phi) is 7.41. The molecule has 0 aliphatic rings. The van der Waals surface area contributed by atoms with E-state index in [2.05, 4.69) is 43.6 Å². The van der Waals surface area contributed by atoms with E-state index in [0.29, 0.717) is 18.1 Å². The van der Waals surface area contributed by atoms with Crippen molar-refractivity contribution in [2.75, 3.05) is 5.32 Å². The molecular formula is C23H26BrN5O. The first-order chi connectivity index (χ1) is 14.5. The fourth-order valence-electron chi connectivity index (χ4n) is 2.99. The molecule has 1 aromatic heterocycles. The van der Waals surface area contributed by atoms with E-state index in [1.165, 1.54) is 0 Å². The first-order valence-corrected chi connectivity index (χ1v) is 10.7. The lowest BCUT2D eigenvalue weighted by molar-refractivity contribution is 0.0976. The molecule has 1 amide bonds. The number of halogens is 1. The molecule has 3 rings (SSSR count). The van der Waals surface area contributed by atoms with E-state index in [-0.39, 0.29) is 5.91 Å². The van der Waals surface area contributed by atoms with Gasteiger partial charge in [0.2, 0.25) is 5.96 Å². The molecule has 2 aromatic carbocycles. The zero-order valence-corrected chi connectivity index (χ0v) is 19.0. The van der Waals surface area contributed by atoms with Crippen molar-refractivity contribution >= 4 is 33.5 Å². The number of carbonyl (C=O) groups is 1. The number of anilines is 1. The molecule has 0 unspecified atom stereocenters. The van der Waals surface area contributed by atoms with Crippen LogP contribution in [0.2, 0.25) is 0 Å². The van der Waals surface area contributed by atoms with Crippen LogP contribution < -0.4 is 10.6 Å². The highest BCUT2D eigenvalue weighted by molar-refractivity contribution is 9.10. The normalized spacial score (nSPS) is 11.4. The minimum Gasteiger partial charge on any atom is -0.326 e. The Labute approximate surface area is 185 Å². The van der Waals surface area contributed by atoms with Crippen molar-refractivity contribution in [1.82, 2.24) is 15.1 Å². The molecule has 0 radical (unpaired) electrons. The van der Waals surface area contributed by atoms with Crippen LogP contribution in [0, 0.1) is 13.8 Å². The summed E-state index contributed by atoms with van der Waals surface area (Å²) in [5.41, 5.74) is 4.47. The van der Waals surface area contributed by atoms with E-state index < -0.39 is 0 Å². The Balaban J connectivity index is 1.85. The number of benzene rings is 2. The molecule has 0 saturated carbocycles. The third kappa shape index (κ3) is 5.57. The van der Waals surface area contributed by atoms with Gasteiger partial charge in [-0.15, -0.1) is 0 Å². The smallest absolute Gasteiger partial charge is 0.259 e. The lowest BCUT2D eigenvalue weighted by Crippen LogP contribution is -2.36. The first kappa shape index (κ1) is 21.8. The summed E-state index contributed by atoms with van der Waals surface area (Å²) in [6.45, 7) is 7.40. The van der Waals surface area contributed by atoms with Crippen LogP contribution in [-0.4, -0.2) is 21.6 Å². The number of amides is 1. The summed E-state index contributed by atoms with van der Waals surface area (Å²) in [4.78, 5) is 17.5. The SMILES string of the molecule is CCCn1cc(CN=C(NC(=O)c2ccccc2Br)Nc2ccccc2C)c(C)n1. The molecular weight excluding hydrogens is 442 g/mol. The van der Waals surface area contributed by atoms with Crippen LogP contribution in [0.5, 0.6) is 0 Å². The third-order valence-corrected chi connectivity index (χ3v) is 5.35. The average Bonchev–Trinajstić information content (AvgIpc) is 3.07. The molecule has 3 aromatic rings. The number of nitrogens with one attached hydrogen (secondary N) is 2. The van der Waals surface area contributed by atoms with Crippen molar-refractivity contribution in [2.24, 2.45) is 4.99 Å². The number of hydrogen-bond donors (Lipinski definition) is 2. The Bertz CT molecular complexity index is 1060. The van der Waals surface area contributed by atoms with Crippen molar-refractivity contribution in [2.45, 2.75) is 40.3 Å². The second kappa shape index (κ2) is 10.2. The summed E-state index contributed by atoms with van der Waals surface area (Å²) in [5, 5.41) is 10.7. The van der Waals surface area contributed by atoms with Crippen molar-refractivity contribution in [1.29, 1.82) is 0 Å². The number of guanidine groups is 1. The number of para-hydroxylation sites is 1. The molecule has 0 fully saturated rings. The summed E-state index contributed by atoms with van der Waals surface area (Å²) in [6.07, 6.45) is 3.04. The van der Waals surface area contributed by atoms with Crippen molar-refractivity contribution < 1.29 is 4.79 Å². The zero-order chi connectivity index (χ0) is 21.5. The number of aromatic nitrogens is 2. The van der Waals surface area contributed by atoms with Gasteiger partial charge in [0, 0.05) is 28.5 Å². The predicted molar refractivity (Wildman–Crippen MR) is 125 cm³/mol. The Morgan fingerprint density at radius 2 is 1.87 bits per heavy atom. The fourth-order valence-corrected chi connectivity index (χ4v) is 3.46. The predicted octanol–water partition coefficient (Wildman–Crippen LogP) is 5.07. The van der Waals surface area contributed by atoms with Crippen LogP contribution in [0.25, 0.3) is 0 Å². The van der Waals surface area contributed by atoms with E-state index in [0.717, 1.165) is 39.9 Å². The van der Waals surface area contributed by atoms with Gasteiger partial charge in [-0.1, -0.05) is 37.3 Å². The largest absolute Gasteiger partial charge is 0.326 e. The van der Waals surface area contributed by atoms with Gasteiger partial charge >= 0.3 is 0 Å². The minimum atomic E-state index is -0.235. The number of rotatable bonds is 6. The molecule has 6 nitrogen and oxygen atoms in total. The molecule has 0 atom stereocenters. The van der Waals surface area contributed by atoms with Gasteiger partial charge in [0.05, 0.1) is 17.8 Å². The quantitative estimate of drug-likeness (QED) is 0.392. The Morgan fingerprint density at radius 1 is 1.13 bits per heavy atom. The van der Waals surface area contributed by atoms with Gasteiger partial charge in [-0.3, -0.25) is 14.8 Å². The summed E-state index contributed by atoms with van der Waals surface area (Å²) in [6, 6.07) is 15.2. The van der Waals surface area contributed by atoms with E-state index in [1.807, 2.05) is 67.2 Å². The van der Waals surface area contributed by atoms with Crippen molar-refractivity contribution in [3.05, 3.63) is 81.6 Å². The molecule has 1 heterocycles. The van der Waals surface area contributed by atoms with E-state index in [4.69, 9.17) is 0 Å². The Hall–Kier alpha value is -2.93. The zero-order valence-electron chi connectivity index (χ0n) is 17.4. The first-order valence-electron chi connectivity index (χ1n) is 9.94. The van der Waals surface area contributed by atoms with E-state index in [1.54, 1.807) is 6.07 Å². The van der Waals surface area contributed by atoms with Crippen LogP contribution in [0.4, 0.5) is 5.69 Å². The van der Waals surface area contributed by atoms with Crippen LogP contribution in [-0.2, 0) is 13.1 Å². The monoisotopic (exact) mass is 467 g/mol. The maximum atomic E-state index is 12.8. The van der Waals surface area contributed by atoms with Gasteiger partial charge in [0.1, 0.15) is 0 Å². The number of nitrogens with zero attached hydrogens (tertiary/aromatic N) is 3. The highest BCUT2D eigenvalue weighted by Gasteiger charge is 2.13. The molecule has 156 valence electrons. The number of hydrogen-bond acceptors (Lipinski definition) is 3. The van der Waals surface area contributed by atoms with Gasteiger partial charge in [-0.05, 0) is 60.0 Å². The molecule has 0 aliphatic carbocycles. The number of aryl methyl sites for hydroxylation is 3. The molecule has 30 heavy (non-hydrogen) atoms. The summed E-state index contributed by atoms with van der Waals surface area (Å²) >= 11 is 3.44. The van der Waals surface area contributed by atoms with Gasteiger partial charge in [0.25, 0.3) is 5.91 Å². The average molecular weight is 468 g/mol. The van der Waals surface area contributed by atoms with Crippen LogP contribution >= 0.6 is 15.9 Å². The van der Waals surface area contributed by atoms with Gasteiger partial charge in [-0.25, -0.2) is 4.99 Å². The Morgan fingerprint density at radius 3 is 2.60 bits per heavy atom. The molecule has 0 bridgehead atoms. The lowest BCUT2D eigenvalue weighted by Gasteiger charge is -2.14. The molecule has 0 aliphatic heterocycles. The second-order valence-electron chi connectivity index (χ2n) is 7.04. The second-order valence-corrected chi connectivity index (χ2v) is 7.90. The van der Waals surface area contributed by atoms with Gasteiger partial charge in [0.15, 0.2) is 0 Å². The number of aliphatic imine (C=N–C) groups is 1. The maximum absolute atomic E-state index is 12.8. The van der Waals surface area contributed by atoms with E-state index >= 15 is 0 Å². The molecule has 0 spiro atoms. The minimum absolute atomic E-state index is 0.235. The van der Waals surface area contributed by atoms with Gasteiger partial charge in [-0.2, -0.15) is 5.10 Å².